The minimum absolute atomic E-state index is 1.12. The van der Waals surface area contributed by atoms with Gasteiger partial charge in [-0.15, -0.1) is 0 Å². The Morgan fingerprint density at radius 1 is 1.30 bits per heavy atom. The summed E-state index contributed by atoms with van der Waals surface area (Å²) < 4.78 is 1.36. The molecule has 0 spiro atoms. The second-order valence-electron chi connectivity index (χ2n) is 1.22. The number of hydrogen-bond acceptors (Lipinski definition) is 2. The van der Waals surface area contributed by atoms with Gasteiger partial charge < -0.3 is 0 Å². The molecule has 0 unspecified atom stereocenters. The molecule has 1 aliphatic carbocycles. The molecular formula is C7H5O2Rh. The second kappa shape index (κ2) is 11.3. The van der Waals surface area contributed by atoms with Crippen molar-refractivity contribution in [2.45, 2.75) is 6.42 Å². The van der Waals surface area contributed by atoms with Crippen molar-refractivity contribution in [3.05, 3.63) is 22.4 Å². The summed E-state index contributed by atoms with van der Waals surface area (Å²) in [5.41, 5.74) is 0. The van der Waals surface area contributed by atoms with Crippen molar-refractivity contribution in [3.8, 4) is 0 Å². The van der Waals surface area contributed by atoms with Crippen LogP contribution in [0.1, 0.15) is 6.42 Å². The summed E-state index contributed by atoms with van der Waals surface area (Å²) in [6, 6.07) is 0. The Bertz CT molecular complexity index is 128. The van der Waals surface area contributed by atoms with Crippen LogP contribution in [-0.2, 0) is 27.9 Å². The zero-order chi connectivity index (χ0) is 8.41. The third-order valence-corrected chi connectivity index (χ3v) is 1.32. The van der Waals surface area contributed by atoms with Gasteiger partial charge in [0, 0.05) is 0 Å². The summed E-state index contributed by atoms with van der Waals surface area (Å²) in [5.74, 6) is 0. The maximum absolute atomic E-state index is 7.50. The number of carbonyl (C=O) groups excluding carboxylic acids is 2. The van der Waals surface area contributed by atoms with Crippen molar-refractivity contribution in [3.63, 3.8) is 0 Å². The summed E-state index contributed by atoms with van der Waals surface area (Å²) in [7, 11) is 0. The van der Waals surface area contributed by atoms with Crippen molar-refractivity contribution in [2.75, 3.05) is 0 Å². The van der Waals surface area contributed by atoms with Gasteiger partial charge in [-0.1, -0.05) is 0 Å². The van der Waals surface area contributed by atoms with Crippen LogP contribution in [-0.4, -0.2) is 13.6 Å². The van der Waals surface area contributed by atoms with E-state index in [1.807, 2.05) is 0 Å². The molecule has 1 aliphatic rings. The van der Waals surface area contributed by atoms with Crippen molar-refractivity contribution in [1.82, 2.24) is 0 Å². The fourth-order valence-electron chi connectivity index (χ4n) is 0.412. The standard InChI is InChI=1S/C5H5.2CO.Rh/c1-2-4-5-3-1;2*1-2;/h1-3H,4H2;;;. The van der Waals surface area contributed by atoms with Crippen LogP contribution >= 0.6 is 0 Å². The molecule has 1 rings (SSSR count). The Morgan fingerprint density at radius 2 is 1.80 bits per heavy atom. The van der Waals surface area contributed by atoms with E-state index in [1.165, 1.54) is 4.17 Å². The Kier molecular flexibility index (Phi) is 13.7. The Hall–Kier alpha value is -0.557. The van der Waals surface area contributed by atoms with E-state index in [-0.39, 0.29) is 0 Å². The molecule has 0 aromatic heterocycles. The minimum atomic E-state index is 1.12. The quantitative estimate of drug-likeness (QED) is 0.564. The Balaban J connectivity index is 0. The van der Waals surface area contributed by atoms with Gasteiger partial charge in [0.1, 0.15) is 0 Å². The van der Waals surface area contributed by atoms with Gasteiger partial charge in [-0.3, -0.25) is 9.59 Å². The predicted molar refractivity (Wildman–Crippen MR) is 33.2 cm³/mol. The van der Waals surface area contributed by atoms with Crippen LogP contribution in [0.2, 0.25) is 0 Å². The summed E-state index contributed by atoms with van der Waals surface area (Å²) in [4.78, 5) is 15.0. The summed E-state index contributed by atoms with van der Waals surface area (Å²) >= 11 is 2.84. The van der Waals surface area contributed by atoms with E-state index in [2.05, 4.69) is 50.1 Å². The first-order valence-corrected chi connectivity index (χ1v) is 3.11. The van der Waals surface area contributed by atoms with Crippen molar-refractivity contribution in [2.24, 2.45) is 0 Å². The van der Waals surface area contributed by atoms with Gasteiger partial charge in [0.25, 0.3) is 13.6 Å². The van der Waals surface area contributed by atoms with Crippen molar-refractivity contribution >= 4 is 13.6 Å². The van der Waals surface area contributed by atoms with Crippen LogP contribution in [0.25, 0.3) is 0 Å². The van der Waals surface area contributed by atoms with Crippen LogP contribution < -0.4 is 0 Å². The first kappa shape index (κ1) is 12.2. The van der Waals surface area contributed by atoms with E-state index < -0.39 is 0 Å². The normalized spacial score (nSPS) is 12.0. The first-order valence-electron chi connectivity index (χ1n) is 2.29. The molecule has 0 aliphatic heterocycles. The first-order chi connectivity index (χ1) is 4.89. The average molecular weight is 224 g/mol. The molecule has 0 N–H and O–H groups in total. The van der Waals surface area contributed by atoms with Gasteiger partial charge >= 0.3 is 47.1 Å². The zero-order valence-electron chi connectivity index (χ0n) is 5.09. The SMILES string of the molecule is [C]=O.[C]=O.[Rh][C]1=CC=CC1. The van der Waals surface area contributed by atoms with E-state index in [0.29, 0.717) is 0 Å². The predicted octanol–water partition coefficient (Wildman–Crippen LogP) is 0.583. The maximum atomic E-state index is 7.50. The molecule has 0 aromatic rings. The zero-order valence-corrected chi connectivity index (χ0v) is 6.73. The van der Waals surface area contributed by atoms with E-state index in [9.17, 15) is 0 Å². The summed E-state index contributed by atoms with van der Waals surface area (Å²) in [6.07, 6.45) is 7.41. The molecule has 0 saturated heterocycles. The molecule has 0 atom stereocenters. The molecule has 10 heavy (non-hydrogen) atoms. The molecule has 54 valence electrons. The molecule has 0 amide bonds. The molecule has 0 fully saturated rings. The molecule has 2 nitrogen and oxygen atoms in total. The summed E-state index contributed by atoms with van der Waals surface area (Å²) in [6.45, 7) is 9.00. The van der Waals surface area contributed by atoms with Crippen LogP contribution in [0.3, 0.4) is 0 Å². The van der Waals surface area contributed by atoms with Gasteiger partial charge in [0.2, 0.25) is 0 Å². The van der Waals surface area contributed by atoms with Gasteiger partial charge in [-0.05, 0) is 0 Å². The second-order valence-corrected chi connectivity index (χ2v) is 2.27. The topological polar surface area (TPSA) is 34.1 Å². The van der Waals surface area contributed by atoms with Crippen LogP contribution in [0.15, 0.2) is 22.4 Å². The van der Waals surface area contributed by atoms with Gasteiger partial charge in [0.15, 0.2) is 0 Å². The molecule has 0 heterocycles. The Morgan fingerprint density at radius 3 is 1.90 bits per heavy atom. The Labute approximate surface area is 70.7 Å². The van der Waals surface area contributed by atoms with Crippen LogP contribution in [0.5, 0.6) is 0 Å². The third-order valence-electron chi connectivity index (χ3n) is 0.709. The number of hydrogen-bond donors (Lipinski definition) is 0. The van der Waals surface area contributed by atoms with E-state index in [1.54, 1.807) is 0 Å². The van der Waals surface area contributed by atoms with Crippen molar-refractivity contribution in [1.29, 1.82) is 0 Å². The average Bonchev–Trinajstić information content (AvgIpc) is 2.48. The van der Waals surface area contributed by atoms with E-state index in [4.69, 9.17) is 9.59 Å². The van der Waals surface area contributed by atoms with E-state index in [0.717, 1.165) is 6.42 Å². The van der Waals surface area contributed by atoms with Gasteiger partial charge in [-0.25, -0.2) is 0 Å². The van der Waals surface area contributed by atoms with Crippen molar-refractivity contribution < 1.29 is 27.9 Å². The number of allylic oxidation sites excluding steroid dienone is 4. The molecule has 0 aromatic carbocycles. The number of rotatable bonds is 0. The third kappa shape index (κ3) is 7.44. The molecule has 3 heteroatoms. The van der Waals surface area contributed by atoms with Gasteiger partial charge in [0.05, 0.1) is 0 Å². The molecule has 0 saturated carbocycles. The molecule has 0 bridgehead atoms. The van der Waals surface area contributed by atoms with E-state index >= 15 is 0 Å². The van der Waals surface area contributed by atoms with Crippen LogP contribution in [0, 0.1) is 0 Å². The molecule has 4 radical (unpaired) electrons. The molecular weight excluding hydrogens is 219 g/mol. The monoisotopic (exact) mass is 224 g/mol. The van der Waals surface area contributed by atoms with Gasteiger partial charge in [-0.2, -0.15) is 0 Å². The van der Waals surface area contributed by atoms with Crippen LogP contribution in [0.4, 0.5) is 0 Å². The fourth-order valence-corrected chi connectivity index (χ4v) is 0.762. The fraction of sp³-hybridized carbons (Fsp3) is 0.143. The summed E-state index contributed by atoms with van der Waals surface area (Å²) in [5, 5.41) is 0.